The van der Waals surface area contributed by atoms with Gasteiger partial charge in [-0.05, 0) is 23.6 Å². The van der Waals surface area contributed by atoms with Crippen molar-refractivity contribution in [2.24, 2.45) is 5.90 Å². The third-order valence-corrected chi connectivity index (χ3v) is 6.11. The topological polar surface area (TPSA) is 124 Å². The number of aromatic nitrogens is 1. The number of hydrogen-bond donors (Lipinski definition) is 3. The van der Waals surface area contributed by atoms with E-state index in [4.69, 9.17) is 14.8 Å². The minimum absolute atomic E-state index is 0.168. The first-order valence-electron chi connectivity index (χ1n) is 11.6. The van der Waals surface area contributed by atoms with Gasteiger partial charge in [-0.1, -0.05) is 91.0 Å². The fourth-order valence-electron chi connectivity index (χ4n) is 3.82. The quantitative estimate of drug-likeness (QED) is 0.158. The van der Waals surface area contributed by atoms with Gasteiger partial charge in [0.05, 0.1) is 18.7 Å². The zero-order chi connectivity index (χ0) is 26.5. The molecule has 0 fully saturated rings. The van der Waals surface area contributed by atoms with Gasteiger partial charge in [0, 0.05) is 5.38 Å². The van der Waals surface area contributed by atoms with Crippen molar-refractivity contribution in [1.29, 1.82) is 0 Å². The molecule has 0 atom stereocenters. The van der Waals surface area contributed by atoms with Gasteiger partial charge >= 0.3 is 11.9 Å². The molecule has 0 unspecified atom stereocenters. The molecule has 9 heteroatoms. The average Bonchev–Trinajstić information content (AvgIpc) is 3.35. The number of carboxylic acid groups (broad SMARTS) is 1. The highest BCUT2D eigenvalue weighted by Gasteiger charge is 2.37. The molecular formula is C28H29N3O5S. The Bertz CT molecular complexity index is 1150. The molecule has 37 heavy (non-hydrogen) atoms. The van der Waals surface area contributed by atoms with Crippen molar-refractivity contribution in [2.45, 2.75) is 18.9 Å². The summed E-state index contributed by atoms with van der Waals surface area (Å²) >= 11 is 1.49. The molecule has 0 bridgehead atoms. The minimum Gasteiger partial charge on any atom is -0.479 e. The maximum atomic E-state index is 11.9. The van der Waals surface area contributed by atoms with Gasteiger partial charge in [0.25, 0.3) is 0 Å². The van der Waals surface area contributed by atoms with Crippen molar-refractivity contribution in [1.82, 2.24) is 4.98 Å². The molecule has 0 saturated heterocycles. The molecule has 3 aromatic carbocycles. The van der Waals surface area contributed by atoms with Crippen LogP contribution in [0.1, 0.15) is 29.3 Å². The van der Waals surface area contributed by atoms with Crippen LogP contribution in [-0.2, 0) is 31.1 Å². The molecule has 0 amide bonds. The molecule has 4 aromatic rings. The number of rotatable bonds is 10. The summed E-state index contributed by atoms with van der Waals surface area (Å²) in [7, 11) is 0. The predicted molar refractivity (Wildman–Crippen MR) is 143 cm³/mol. The van der Waals surface area contributed by atoms with Crippen molar-refractivity contribution in [2.75, 3.05) is 18.5 Å². The van der Waals surface area contributed by atoms with Crippen LogP contribution in [0.5, 0.6) is 0 Å². The molecule has 0 aliphatic carbocycles. The minimum atomic E-state index is -1.06. The average molecular weight is 520 g/mol. The lowest BCUT2D eigenvalue weighted by atomic mass is 9.77. The molecule has 0 saturated carbocycles. The number of benzene rings is 3. The van der Waals surface area contributed by atoms with Crippen molar-refractivity contribution < 1.29 is 24.3 Å². The van der Waals surface area contributed by atoms with Gasteiger partial charge in [0.15, 0.2) is 11.7 Å². The SMILES string of the molecule is CCOC(=O)Cc1csc(NC(c2ccccc2)(c2ccccc2)c2ccccc2)n1.NOCC(=O)O. The molecular weight excluding hydrogens is 490 g/mol. The van der Waals surface area contributed by atoms with Crippen molar-refractivity contribution in [3.05, 3.63) is 119 Å². The summed E-state index contributed by atoms with van der Waals surface area (Å²) in [6.45, 7) is 1.74. The van der Waals surface area contributed by atoms with Gasteiger partial charge in [0.2, 0.25) is 0 Å². The van der Waals surface area contributed by atoms with Crippen LogP contribution in [0, 0.1) is 0 Å². The highest BCUT2D eigenvalue weighted by atomic mass is 32.1. The lowest BCUT2D eigenvalue weighted by molar-refractivity contribution is -0.143. The van der Waals surface area contributed by atoms with Gasteiger partial charge in [-0.3, -0.25) is 9.63 Å². The summed E-state index contributed by atoms with van der Waals surface area (Å²) in [6.07, 6.45) is 0.168. The van der Waals surface area contributed by atoms with Crippen LogP contribution < -0.4 is 11.2 Å². The number of nitrogens with one attached hydrogen (secondary N) is 1. The van der Waals surface area contributed by atoms with Crippen LogP contribution in [0.2, 0.25) is 0 Å². The van der Waals surface area contributed by atoms with Crippen LogP contribution in [0.15, 0.2) is 96.4 Å². The monoisotopic (exact) mass is 519 g/mol. The molecule has 0 spiro atoms. The summed E-state index contributed by atoms with van der Waals surface area (Å²) in [6, 6.07) is 31.1. The molecule has 0 radical (unpaired) electrons. The van der Waals surface area contributed by atoms with Crippen molar-refractivity contribution in [3.8, 4) is 0 Å². The van der Waals surface area contributed by atoms with E-state index in [1.54, 1.807) is 6.92 Å². The lowest BCUT2D eigenvalue weighted by Gasteiger charge is -2.36. The van der Waals surface area contributed by atoms with E-state index in [1.165, 1.54) is 11.3 Å². The summed E-state index contributed by atoms with van der Waals surface area (Å²) in [5.74, 6) is 3.03. The van der Waals surface area contributed by atoms with Gasteiger partial charge < -0.3 is 15.2 Å². The van der Waals surface area contributed by atoms with Crippen LogP contribution >= 0.6 is 11.3 Å². The first-order chi connectivity index (χ1) is 18.0. The first-order valence-corrected chi connectivity index (χ1v) is 12.5. The lowest BCUT2D eigenvalue weighted by Crippen LogP contribution is -2.38. The number of anilines is 1. The molecule has 8 nitrogen and oxygen atoms in total. The number of hydrogen-bond acceptors (Lipinski definition) is 8. The summed E-state index contributed by atoms with van der Waals surface area (Å²) in [5.41, 5.74) is 3.38. The summed E-state index contributed by atoms with van der Waals surface area (Å²) in [4.78, 5) is 29.7. The fraction of sp³-hybridized carbons (Fsp3) is 0.179. The van der Waals surface area contributed by atoms with Gasteiger partial charge in [-0.2, -0.15) is 0 Å². The van der Waals surface area contributed by atoms with Crippen LogP contribution in [0.4, 0.5) is 5.13 Å². The number of carboxylic acids is 1. The Morgan fingerprint density at radius 2 is 1.41 bits per heavy atom. The van der Waals surface area contributed by atoms with E-state index < -0.39 is 18.1 Å². The molecule has 192 valence electrons. The number of thiazole rings is 1. The van der Waals surface area contributed by atoms with Crippen LogP contribution in [0.3, 0.4) is 0 Å². The number of nitrogens with zero attached hydrogens (tertiary/aromatic N) is 1. The number of nitrogens with two attached hydrogens (primary N) is 1. The standard InChI is InChI=1S/C26H24N2O2S.C2H5NO3/c1-2-30-24(29)18-23-19-31-25(27-23)28-26(20-12-6-3-7-13-20,21-14-8-4-9-15-21)22-16-10-5-11-17-22;3-6-1-2(4)5/h3-17,19H,2,18H2,1H3,(H,27,28);1,3H2,(H,4,5). The highest BCUT2D eigenvalue weighted by Crippen LogP contribution is 2.40. The number of esters is 1. The van der Waals surface area contributed by atoms with E-state index in [0.717, 1.165) is 21.8 Å². The van der Waals surface area contributed by atoms with Crippen LogP contribution in [0.25, 0.3) is 0 Å². The zero-order valence-electron chi connectivity index (χ0n) is 20.4. The fourth-order valence-corrected chi connectivity index (χ4v) is 4.58. The van der Waals surface area contributed by atoms with E-state index in [0.29, 0.717) is 12.3 Å². The van der Waals surface area contributed by atoms with E-state index in [-0.39, 0.29) is 12.4 Å². The number of carbonyl (C=O) groups is 2. The Labute approximate surface area is 219 Å². The molecule has 0 aliphatic rings. The number of ether oxygens (including phenoxy) is 1. The van der Waals surface area contributed by atoms with E-state index in [1.807, 2.05) is 60.0 Å². The Kier molecular flexibility index (Phi) is 10.3. The Morgan fingerprint density at radius 3 is 1.78 bits per heavy atom. The second kappa shape index (κ2) is 13.9. The maximum Gasteiger partial charge on any atom is 0.331 e. The summed E-state index contributed by atoms with van der Waals surface area (Å²) in [5, 5.41) is 14.1. The van der Waals surface area contributed by atoms with E-state index in [9.17, 15) is 9.59 Å². The van der Waals surface area contributed by atoms with E-state index >= 15 is 0 Å². The Balaban J connectivity index is 0.000000568. The number of carbonyl (C=O) groups excluding carboxylic acids is 1. The largest absolute Gasteiger partial charge is 0.479 e. The summed E-state index contributed by atoms with van der Waals surface area (Å²) < 4.78 is 5.07. The van der Waals surface area contributed by atoms with Crippen LogP contribution in [-0.4, -0.2) is 35.2 Å². The maximum absolute atomic E-state index is 11.9. The number of aliphatic carboxylic acids is 1. The van der Waals surface area contributed by atoms with Gasteiger partial charge in [-0.15, -0.1) is 11.3 Å². The zero-order valence-corrected chi connectivity index (χ0v) is 21.2. The highest BCUT2D eigenvalue weighted by molar-refractivity contribution is 7.13. The second-order valence-corrected chi connectivity index (χ2v) is 8.66. The Hall–Kier alpha value is -4.05. The predicted octanol–water partition coefficient (Wildman–Crippen LogP) is 4.61. The first kappa shape index (κ1) is 27.5. The Morgan fingerprint density at radius 1 is 0.919 bits per heavy atom. The molecule has 4 rings (SSSR count). The third-order valence-electron chi connectivity index (χ3n) is 5.30. The van der Waals surface area contributed by atoms with Crippen molar-refractivity contribution >= 4 is 28.4 Å². The molecule has 1 aromatic heterocycles. The van der Waals surface area contributed by atoms with Crippen molar-refractivity contribution in [3.63, 3.8) is 0 Å². The third kappa shape index (κ3) is 7.47. The second-order valence-electron chi connectivity index (χ2n) is 7.80. The van der Waals surface area contributed by atoms with Gasteiger partial charge in [0.1, 0.15) is 5.54 Å². The van der Waals surface area contributed by atoms with E-state index in [2.05, 4.69) is 52.4 Å². The smallest absolute Gasteiger partial charge is 0.331 e. The van der Waals surface area contributed by atoms with Gasteiger partial charge in [-0.25, -0.2) is 15.7 Å². The molecule has 1 heterocycles. The molecule has 4 N–H and O–H groups in total. The normalized spacial score (nSPS) is 10.6. The molecule has 0 aliphatic heterocycles.